The van der Waals surface area contributed by atoms with Crippen LogP contribution in [0.1, 0.15) is 85.0 Å². The minimum atomic E-state index is 0.376. The SMILES string of the molecule is CCCCCCCCCCCC(C)(C)N(C)C. The third kappa shape index (κ3) is 9.64. The summed E-state index contributed by atoms with van der Waals surface area (Å²) in [6.07, 6.45) is 14.2. The van der Waals surface area contributed by atoms with E-state index in [2.05, 4.69) is 39.8 Å². The van der Waals surface area contributed by atoms with Gasteiger partial charge in [-0.05, 0) is 34.4 Å². The Morgan fingerprint density at radius 1 is 0.706 bits per heavy atom. The van der Waals surface area contributed by atoms with E-state index in [1.54, 1.807) is 0 Å². The zero-order valence-electron chi connectivity index (χ0n) is 13.0. The van der Waals surface area contributed by atoms with Gasteiger partial charge >= 0.3 is 0 Å². The van der Waals surface area contributed by atoms with Crippen LogP contribution in [0.15, 0.2) is 0 Å². The lowest BCUT2D eigenvalue weighted by atomic mass is 9.95. The van der Waals surface area contributed by atoms with E-state index in [4.69, 9.17) is 0 Å². The summed E-state index contributed by atoms with van der Waals surface area (Å²) in [6.45, 7) is 6.97. The van der Waals surface area contributed by atoms with Crippen LogP contribution in [0.4, 0.5) is 0 Å². The third-order valence-electron chi connectivity index (χ3n) is 4.10. The largest absolute Gasteiger partial charge is 0.304 e. The number of hydrogen-bond acceptors (Lipinski definition) is 1. The average Bonchev–Trinajstić information content (AvgIpc) is 2.26. The topological polar surface area (TPSA) is 3.24 Å². The molecular weight excluding hydrogens is 206 g/mol. The van der Waals surface area contributed by atoms with Gasteiger partial charge in [0.2, 0.25) is 0 Å². The molecule has 0 atom stereocenters. The Bertz CT molecular complexity index is 161. The fourth-order valence-corrected chi connectivity index (χ4v) is 2.09. The van der Waals surface area contributed by atoms with Crippen molar-refractivity contribution in [3.63, 3.8) is 0 Å². The third-order valence-corrected chi connectivity index (χ3v) is 4.10. The van der Waals surface area contributed by atoms with E-state index in [1.165, 1.54) is 64.2 Å². The summed E-state index contributed by atoms with van der Waals surface area (Å²) in [7, 11) is 4.38. The minimum Gasteiger partial charge on any atom is -0.304 e. The molecule has 0 aliphatic rings. The molecule has 0 aliphatic heterocycles. The Balaban J connectivity index is 3.24. The molecule has 0 aromatic rings. The van der Waals surface area contributed by atoms with Crippen LogP contribution in [0.25, 0.3) is 0 Å². The van der Waals surface area contributed by atoms with E-state index < -0.39 is 0 Å². The van der Waals surface area contributed by atoms with E-state index in [0.29, 0.717) is 5.54 Å². The fourth-order valence-electron chi connectivity index (χ4n) is 2.09. The molecule has 0 radical (unpaired) electrons. The molecule has 1 nitrogen and oxygen atoms in total. The molecule has 0 aromatic heterocycles. The molecule has 0 N–H and O–H groups in total. The van der Waals surface area contributed by atoms with Crippen LogP contribution < -0.4 is 0 Å². The van der Waals surface area contributed by atoms with Crippen LogP contribution in [0.2, 0.25) is 0 Å². The maximum atomic E-state index is 2.34. The molecule has 104 valence electrons. The summed E-state index contributed by atoms with van der Waals surface area (Å²) in [4.78, 5) is 2.34. The highest BCUT2D eigenvalue weighted by molar-refractivity contribution is 4.76. The average molecular weight is 241 g/mol. The standard InChI is InChI=1S/C16H35N/c1-6-7-8-9-10-11-12-13-14-15-16(2,3)17(4)5/h6-15H2,1-5H3. The highest BCUT2D eigenvalue weighted by atomic mass is 15.1. The number of nitrogens with zero attached hydrogens (tertiary/aromatic N) is 1. The Hall–Kier alpha value is -0.0400. The smallest absolute Gasteiger partial charge is 0.0147 e. The summed E-state index contributed by atoms with van der Waals surface area (Å²) < 4.78 is 0. The molecule has 0 aliphatic carbocycles. The van der Waals surface area contributed by atoms with Crippen molar-refractivity contribution >= 4 is 0 Å². The Morgan fingerprint density at radius 2 is 1.12 bits per heavy atom. The fraction of sp³-hybridized carbons (Fsp3) is 1.00. The van der Waals surface area contributed by atoms with Gasteiger partial charge in [0.15, 0.2) is 0 Å². The van der Waals surface area contributed by atoms with Crippen molar-refractivity contribution in [1.82, 2.24) is 4.90 Å². The summed E-state index contributed by atoms with van der Waals surface area (Å²) >= 11 is 0. The highest BCUT2D eigenvalue weighted by Gasteiger charge is 2.18. The predicted molar refractivity (Wildman–Crippen MR) is 79.6 cm³/mol. The number of hydrogen-bond donors (Lipinski definition) is 0. The molecule has 0 fully saturated rings. The molecule has 17 heavy (non-hydrogen) atoms. The normalized spacial score (nSPS) is 12.4. The maximum Gasteiger partial charge on any atom is 0.0147 e. The first kappa shape index (κ1) is 17.0. The van der Waals surface area contributed by atoms with Gasteiger partial charge in [-0.3, -0.25) is 0 Å². The molecule has 0 saturated heterocycles. The van der Waals surface area contributed by atoms with Crippen molar-refractivity contribution in [2.24, 2.45) is 0 Å². The number of unbranched alkanes of at least 4 members (excludes halogenated alkanes) is 8. The molecular formula is C16H35N. The second-order valence-corrected chi connectivity index (χ2v) is 6.29. The lowest BCUT2D eigenvalue weighted by molar-refractivity contribution is 0.177. The van der Waals surface area contributed by atoms with Crippen LogP contribution in [0.5, 0.6) is 0 Å². The summed E-state index contributed by atoms with van der Waals surface area (Å²) in [5, 5.41) is 0. The summed E-state index contributed by atoms with van der Waals surface area (Å²) in [5.74, 6) is 0. The molecule has 0 bridgehead atoms. The molecule has 0 unspecified atom stereocenters. The van der Waals surface area contributed by atoms with Crippen molar-refractivity contribution in [2.75, 3.05) is 14.1 Å². The molecule has 1 heteroatoms. The summed E-state index contributed by atoms with van der Waals surface area (Å²) in [6, 6.07) is 0. The van der Waals surface area contributed by atoms with Crippen LogP contribution >= 0.6 is 0 Å². The predicted octanol–water partition coefficient (Wildman–Crippen LogP) is 5.25. The lowest BCUT2D eigenvalue weighted by Crippen LogP contribution is -2.37. The van der Waals surface area contributed by atoms with Crippen LogP contribution in [-0.2, 0) is 0 Å². The zero-order valence-corrected chi connectivity index (χ0v) is 13.0. The van der Waals surface area contributed by atoms with Gasteiger partial charge in [-0.1, -0.05) is 64.7 Å². The van der Waals surface area contributed by atoms with Crippen LogP contribution in [0.3, 0.4) is 0 Å². The Morgan fingerprint density at radius 3 is 1.53 bits per heavy atom. The van der Waals surface area contributed by atoms with Crippen molar-refractivity contribution in [2.45, 2.75) is 90.5 Å². The van der Waals surface area contributed by atoms with Gasteiger partial charge in [-0.2, -0.15) is 0 Å². The molecule has 0 spiro atoms. The van der Waals surface area contributed by atoms with Gasteiger partial charge in [-0.25, -0.2) is 0 Å². The quantitative estimate of drug-likeness (QED) is 0.447. The van der Waals surface area contributed by atoms with Gasteiger partial charge < -0.3 is 4.90 Å². The van der Waals surface area contributed by atoms with Crippen molar-refractivity contribution in [3.8, 4) is 0 Å². The van der Waals surface area contributed by atoms with Crippen LogP contribution in [-0.4, -0.2) is 24.5 Å². The molecule has 0 amide bonds. The van der Waals surface area contributed by atoms with Crippen LogP contribution in [0, 0.1) is 0 Å². The second-order valence-electron chi connectivity index (χ2n) is 6.29. The second kappa shape index (κ2) is 9.94. The zero-order chi connectivity index (χ0) is 13.1. The van der Waals surface area contributed by atoms with E-state index in [-0.39, 0.29) is 0 Å². The maximum absolute atomic E-state index is 2.34. The van der Waals surface area contributed by atoms with Gasteiger partial charge in [0.25, 0.3) is 0 Å². The first-order valence-corrected chi connectivity index (χ1v) is 7.68. The van der Waals surface area contributed by atoms with E-state index >= 15 is 0 Å². The monoisotopic (exact) mass is 241 g/mol. The first-order valence-electron chi connectivity index (χ1n) is 7.68. The van der Waals surface area contributed by atoms with Gasteiger partial charge in [0, 0.05) is 5.54 Å². The van der Waals surface area contributed by atoms with Crippen molar-refractivity contribution in [1.29, 1.82) is 0 Å². The first-order chi connectivity index (χ1) is 8.00. The highest BCUT2D eigenvalue weighted by Crippen LogP contribution is 2.19. The van der Waals surface area contributed by atoms with E-state index in [9.17, 15) is 0 Å². The molecule has 0 rings (SSSR count). The molecule has 0 aromatic carbocycles. The minimum absolute atomic E-state index is 0.376. The van der Waals surface area contributed by atoms with Crippen molar-refractivity contribution < 1.29 is 0 Å². The Kier molecular flexibility index (Phi) is 9.91. The number of rotatable bonds is 11. The lowest BCUT2D eigenvalue weighted by Gasteiger charge is -2.32. The van der Waals surface area contributed by atoms with Gasteiger partial charge in [0.1, 0.15) is 0 Å². The summed E-state index contributed by atoms with van der Waals surface area (Å²) in [5.41, 5.74) is 0.376. The Labute approximate surface area is 110 Å². The van der Waals surface area contributed by atoms with Gasteiger partial charge in [0.05, 0.1) is 0 Å². The molecule has 0 heterocycles. The van der Waals surface area contributed by atoms with Crippen molar-refractivity contribution in [3.05, 3.63) is 0 Å². The van der Waals surface area contributed by atoms with Gasteiger partial charge in [-0.15, -0.1) is 0 Å². The molecule has 0 saturated carbocycles. The van der Waals surface area contributed by atoms with E-state index in [0.717, 1.165) is 0 Å². The van der Waals surface area contributed by atoms with E-state index in [1.807, 2.05) is 0 Å².